The molecule has 0 saturated carbocycles. The molecule has 0 aliphatic rings. The van der Waals surface area contributed by atoms with Crippen LogP contribution < -0.4 is 10.5 Å². The van der Waals surface area contributed by atoms with Crippen LogP contribution in [0.1, 0.15) is 6.92 Å². The van der Waals surface area contributed by atoms with Crippen molar-refractivity contribution in [1.29, 1.82) is 0 Å². The van der Waals surface area contributed by atoms with Gasteiger partial charge in [0.05, 0.1) is 17.6 Å². The Hall–Kier alpha value is -1.67. The molecular formula is C13H18N4O2S2. The third-order valence-electron chi connectivity index (χ3n) is 2.73. The minimum Gasteiger partial charge on any atom is -0.399 e. The highest BCUT2D eigenvalue weighted by Crippen LogP contribution is 2.19. The molecule has 114 valence electrons. The van der Waals surface area contributed by atoms with Crippen molar-refractivity contribution in [2.75, 3.05) is 22.0 Å². The normalized spacial score (nSPS) is 11.5. The van der Waals surface area contributed by atoms with Crippen LogP contribution in [-0.2, 0) is 16.6 Å². The second-order valence-corrected chi connectivity index (χ2v) is 7.43. The Balaban J connectivity index is 1.85. The Labute approximate surface area is 128 Å². The highest BCUT2D eigenvalue weighted by atomic mass is 32.2. The van der Waals surface area contributed by atoms with Gasteiger partial charge in [0.15, 0.2) is 0 Å². The van der Waals surface area contributed by atoms with Crippen molar-refractivity contribution in [3.05, 3.63) is 36.7 Å². The maximum absolute atomic E-state index is 12.0. The van der Waals surface area contributed by atoms with Gasteiger partial charge in [0.1, 0.15) is 0 Å². The number of thioether (sulfide) groups is 1. The summed E-state index contributed by atoms with van der Waals surface area (Å²) in [5, 5.41) is 4.03. The number of rotatable bonds is 7. The van der Waals surface area contributed by atoms with E-state index in [1.807, 2.05) is 19.1 Å². The van der Waals surface area contributed by atoms with Crippen molar-refractivity contribution in [1.82, 2.24) is 9.78 Å². The number of aromatic nitrogens is 2. The molecule has 21 heavy (non-hydrogen) atoms. The van der Waals surface area contributed by atoms with Gasteiger partial charge in [-0.15, -0.1) is 11.8 Å². The molecule has 0 unspecified atom stereocenters. The molecule has 3 N–H and O–H groups in total. The number of aryl methyl sites for hydroxylation is 1. The van der Waals surface area contributed by atoms with Crippen LogP contribution in [0.25, 0.3) is 0 Å². The lowest BCUT2D eigenvalue weighted by Crippen LogP contribution is -2.17. The van der Waals surface area contributed by atoms with Gasteiger partial charge < -0.3 is 5.73 Å². The van der Waals surface area contributed by atoms with Crippen molar-refractivity contribution in [3.63, 3.8) is 0 Å². The zero-order valence-electron chi connectivity index (χ0n) is 11.7. The van der Waals surface area contributed by atoms with E-state index in [1.165, 1.54) is 18.0 Å². The molecule has 0 atom stereocenters. The monoisotopic (exact) mass is 326 g/mol. The highest BCUT2D eigenvalue weighted by Gasteiger charge is 2.11. The van der Waals surface area contributed by atoms with Crippen LogP contribution in [0, 0.1) is 0 Å². The van der Waals surface area contributed by atoms with E-state index in [9.17, 15) is 8.42 Å². The minimum absolute atomic E-state index is 0.0410. The van der Waals surface area contributed by atoms with Crippen LogP contribution in [-0.4, -0.2) is 29.7 Å². The lowest BCUT2D eigenvalue weighted by Gasteiger charge is -2.06. The predicted molar refractivity (Wildman–Crippen MR) is 86.9 cm³/mol. The number of nitrogens with two attached hydrogens (primary N) is 1. The van der Waals surface area contributed by atoms with E-state index < -0.39 is 10.0 Å². The molecule has 8 heteroatoms. The largest absolute Gasteiger partial charge is 0.399 e. The van der Waals surface area contributed by atoms with E-state index in [0.717, 1.165) is 4.90 Å². The van der Waals surface area contributed by atoms with Crippen LogP contribution in [0.4, 0.5) is 11.4 Å². The smallest absolute Gasteiger partial charge is 0.233 e. The number of hydrogen-bond donors (Lipinski definition) is 2. The summed E-state index contributed by atoms with van der Waals surface area (Å²) in [6.07, 6.45) is 3.18. The van der Waals surface area contributed by atoms with Crippen molar-refractivity contribution in [2.24, 2.45) is 0 Å². The third kappa shape index (κ3) is 4.98. The lowest BCUT2D eigenvalue weighted by molar-refractivity contribution is 0.602. The summed E-state index contributed by atoms with van der Waals surface area (Å²) in [5.74, 6) is 0.514. The average Bonchev–Trinajstić information content (AvgIpc) is 2.87. The summed E-state index contributed by atoms with van der Waals surface area (Å²) < 4.78 is 28.1. The van der Waals surface area contributed by atoms with Gasteiger partial charge in [-0.05, 0) is 31.2 Å². The predicted octanol–water partition coefficient (Wildman–Crippen LogP) is 2.02. The van der Waals surface area contributed by atoms with E-state index in [0.29, 0.717) is 23.7 Å². The molecule has 1 heterocycles. The fraction of sp³-hybridized carbons (Fsp3) is 0.308. The Bertz CT molecular complexity index is 680. The minimum atomic E-state index is -3.36. The zero-order valence-corrected chi connectivity index (χ0v) is 13.3. The molecule has 0 saturated heterocycles. The molecule has 1 aromatic carbocycles. The number of anilines is 2. The zero-order chi connectivity index (χ0) is 15.3. The number of nitrogens with zero attached hydrogens (tertiary/aromatic N) is 2. The van der Waals surface area contributed by atoms with Gasteiger partial charge in [-0.25, -0.2) is 8.42 Å². The van der Waals surface area contributed by atoms with Crippen LogP contribution in [0.15, 0.2) is 41.6 Å². The Morgan fingerprint density at radius 2 is 2.05 bits per heavy atom. The number of nitrogens with one attached hydrogen (secondary N) is 1. The first kappa shape index (κ1) is 15.7. The Morgan fingerprint density at radius 3 is 2.67 bits per heavy atom. The first-order valence-corrected chi connectivity index (χ1v) is 9.13. The van der Waals surface area contributed by atoms with Gasteiger partial charge in [0.2, 0.25) is 10.0 Å². The second kappa shape index (κ2) is 6.86. The summed E-state index contributed by atoms with van der Waals surface area (Å²) >= 11 is 1.48. The van der Waals surface area contributed by atoms with Crippen LogP contribution in [0.2, 0.25) is 0 Å². The highest BCUT2D eigenvalue weighted by molar-refractivity contribution is 8.01. The number of benzene rings is 1. The summed E-state index contributed by atoms with van der Waals surface area (Å²) in [6, 6.07) is 7.36. The summed E-state index contributed by atoms with van der Waals surface area (Å²) in [7, 11) is -3.36. The van der Waals surface area contributed by atoms with E-state index in [-0.39, 0.29) is 5.75 Å². The molecule has 0 aliphatic heterocycles. The van der Waals surface area contributed by atoms with Crippen molar-refractivity contribution in [3.8, 4) is 0 Å². The Morgan fingerprint density at radius 1 is 1.33 bits per heavy atom. The molecular weight excluding hydrogens is 308 g/mol. The average molecular weight is 326 g/mol. The van der Waals surface area contributed by atoms with Crippen molar-refractivity contribution >= 4 is 33.2 Å². The molecule has 2 rings (SSSR count). The number of hydrogen-bond acceptors (Lipinski definition) is 5. The van der Waals surface area contributed by atoms with E-state index in [1.54, 1.807) is 23.0 Å². The lowest BCUT2D eigenvalue weighted by atomic mass is 10.3. The molecule has 0 aliphatic carbocycles. The van der Waals surface area contributed by atoms with Gasteiger partial charge in [-0.1, -0.05) is 0 Å². The topological polar surface area (TPSA) is 90.0 Å². The van der Waals surface area contributed by atoms with Gasteiger partial charge in [-0.3, -0.25) is 9.40 Å². The number of sulfonamides is 1. The summed E-state index contributed by atoms with van der Waals surface area (Å²) in [4.78, 5) is 0.998. The maximum Gasteiger partial charge on any atom is 0.233 e. The fourth-order valence-electron chi connectivity index (χ4n) is 1.65. The summed E-state index contributed by atoms with van der Waals surface area (Å²) in [5.41, 5.74) is 6.79. The molecule has 0 bridgehead atoms. The van der Waals surface area contributed by atoms with Gasteiger partial charge in [-0.2, -0.15) is 5.10 Å². The molecule has 6 nitrogen and oxygen atoms in total. The second-order valence-electron chi connectivity index (χ2n) is 4.42. The molecule has 1 aromatic heterocycles. The first-order chi connectivity index (χ1) is 9.98. The van der Waals surface area contributed by atoms with E-state index in [4.69, 9.17) is 5.73 Å². The van der Waals surface area contributed by atoms with Crippen molar-refractivity contribution in [2.45, 2.75) is 18.4 Å². The summed E-state index contributed by atoms with van der Waals surface area (Å²) in [6.45, 7) is 2.64. The van der Waals surface area contributed by atoms with E-state index >= 15 is 0 Å². The first-order valence-electron chi connectivity index (χ1n) is 6.50. The molecule has 0 spiro atoms. The molecule has 0 fully saturated rings. The van der Waals surface area contributed by atoms with Crippen molar-refractivity contribution < 1.29 is 8.42 Å². The fourth-order valence-corrected chi connectivity index (χ4v) is 3.99. The molecule has 0 amide bonds. The quantitative estimate of drug-likeness (QED) is 0.600. The maximum atomic E-state index is 12.0. The standard InChI is InChI=1S/C13H18N4O2S2/c1-2-17-10-12(9-15-17)16-21(18,19)8-7-20-13-5-3-11(14)4-6-13/h3-6,9-10,16H,2,7-8,14H2,1H3. The Kier molecular flexibility index (Phi) is 5.13. The van der Waals surface area contributed by atoms with E-state index in [2.05, 4.69) is 9.82 Å². The number of nitrogen functional groups attached to an aromatic ring is 1. The third-order valence-corrected chi connectivity index (χ3v) is 5.29. The van der Waals surface area contributed by atoms with Gasteiger partial charge in [0, 0.05) is 29.1 Å². The van der Waals surface area contributed by atoms with Crippen LogP contribution in [0.3, 0.4) is 0 Å². The van der Waals surface area contributed by atoms with Gasteiger partial charge >= 0.3 is 0 Å². The molecule has 2 aromatic rings. The van der Waals surface area contributed by atoms with Crippen LogP contribution in [0.5, 0.6) is 0 Å². The van der Waals surface area contributed by atoms with Crippen LogP contribution >= 0.6 is 11.8 Å². The SMILES string of the molecule is CCn1cc(NS(=O)(=O)CCSc2ccc(N)cc2)cn1. The van der Waals surface area contributed by atoms with Gasteiger partial charge in [0.25, 0.3) is 0 Å². The molecule has 0 radical (unpaired) electrons.